The molecule has 0 radical (unpaired) electrons. The second-order valence-corrected chi connectivity index (χ2v) is 7.82. The van der Waals surface area contributed by atoms with E-state index in [1.165, 1.54) is 0 Å². The minimum atomic E-state index is -0.143. The molecule has 0 amide bonds. The number of aromatic amines is 1. The largest absolute Gasteiger partial charge is 0.369 e. The molecule has 2 aromatic carbocycles. The van der Waals surface area contributed by atoms with Crippen LogP contribution in [0.4, 0.5) is 5.82 Å². The lowest BCUT2D eigenvalue weighted by atomic mass is 10.1. The van der Waals surface area contributed by atoms with Crippen molar-refractivity contribution < 1.29 is 0 Å². The van der Waals surface area contributed by atoms with Crippen molar-refractivity contribution >= 4 is 66.6 Å². The number of nitrogens with zero attached hydrogens (tertiary/aromatic N) is 1. The summed E-state index contributed by atoms with van der Waals surface area (Å²) >= 11 is 15.9. The maximum Gasteiger partial charge on any atom is 0.256 e. The Hall–Kier alpha value is -2.08. The number of hydrogen-bond donors (Lipinski definition) is 2. The zero-order valence-electron chi connectivity index (χ0n) is 14.0. The van der Waals surface area contributed by atoms with Crippen LogP contribution >= 0.6 is 39.1 Å². The summed E-state index contributed by atoms with van der Waals surface area (Å²) in [5.74, 6) is 0.661. The first-order valence-electron chi connectivity index (χ1n) is 8.32. The van der Waals surface area contributed by atoms with Crippen LogP contribution in [-0.2, 0) is 6.42 Å². The van der Waals surface area contributed by atoms with Gasteiger partial charge in [-0.15, -0.1) is 0 Å². The van der Waals surface area contributed by atoms with E-state index in [4.69, 9.17) is 28.2 Å². The summed E-state index contributed by atoms with van der Waals surface area (Å²) < 4.78 is 0.899. The Morgan fingerprint density at radius 3 is 2.63 bits per heavy atom. The Morgan fingerprint density at radius 2 is 1.85 bits per heavy atom. The van der Waals surface area contributed by atoms with Crippen LogP contribution in [0.15, 0.2) is 57.9 Å². The number of halogens is 3. The van der Waals surface area contributed by atoms with Gasteiger partial charge in [-0.1, -0.05) is 45.2 Å². The van der Waals surface area contributed by atoms with Crippen LogP contribution in [0.25, 0.3) is 21.7 Å². The van der Waals surface area contributed by atoms with E-state index in [9.17, 15) is 4.79 Å². The second kappa shape index (κ2) is 7.50. The number of anilines is 1. The van der Waals surface area contributed by atoms with Gasteiger partial charge in [0.05, 0.1) is 10.9 Å². The number of aromatic nitrogens is 2. The van der Waals surface area contributed by atoms with Crippen molar-refractivity contribution in [3.63, 3.8) is 0 Å². The smallest absolute Gasteiger partial charge is 0.256 e. The number of H-pyrrole nitrogens is 1. The average molecular weight is 463 g/mol. The lowest BCUT2D eigenvalue weighted by molar-refractivity contribution is 1.01. The topological polar surface area (TPSA) is 57.8 Å². The molecule has 0 saturated heterocycles. The SMILES string of the molecule is O=c1[nH]ccc2c(NCCc3c(Cl)cccc3Cl)nc3ccc(Br)cc3c12. The fraction of sp³-hybridized carbons (Fsp3) is 0.100. The molecule has 4 nitrogen and oxygen atoms in total. The predicted molar refractivity (Wildman–Crippen MR) is 116 cm³/mol. The van der Waals surface area contributed by atoms with Gasteiger partial charge < -0.3 is 10.3 Å². The number of rotatable bonds is 4. The highest BCUT2D eigenvalue weighted by Gasteiger charge is 2.12. The normalized spacial score (nSPS) is 11.2. The average Bonchev–Trinajstić information content (AvgIpc) is 2.64. The molecule has 2 N–H and O–H groups in total. The molecular formula is C20H14BrCl2N3O. The van der Waals surface area contributed by atoms with E-state index in [-0.39, 0.29) is 5.56 Å². The molecule has 0 spiro atoms. The van der Waals surface area contributed by atoms with Gasteiger partial charge in [-0.05, 0) is 48.4 Å². The zero-order chi connectivity index (χ0) is 19.0. The van der Waals surface area contributed by atoms with Crippen molar-refractivity contribution in [1.82, 2.24) is 9.97 Å². The molecule has 0 unspecified atom stereocenters. The molecule has 4 rings (SSSR count). The molecule has 7 heteroatoms. The highest BCUT2D eigenvalue weighted by molar-refractivity contribution is 9.10. The fourth-order valence-corrected chi connectivity index (χ4v) is 4.09. The number of benzene rings is 2. The zero-order valence-corrected chi connectivity index (χ0v) is 17.1. The summed E-state index contributed by atoms with van der Waals surface area (Å²) in [5.41, 5.74) is 1.50. The van der Waals surface area contributed by atoms with Crippen molar-refractivity contribution in [2.24, 2.45) is 0 Å². The van der Waals surface area contributed by atoms with E-state index in [2.05, 4.69) is 26.2 Å². The summed E-state index contributed by atoms with van der Waals surface area (Å²) in [6.45, 7) is 0.584. The van der Waals surface area contributed by atoms with Crippen LogP contribution in [0.1, 0.15) is 5.56 Å². The Balaban J connectivity index is 1.74. The first-order valence-corrected chi connectivity index (χ1v) is 9.87. The summed E-state index contributed by atoms with van der Waals surface area (Å²) in [6.07, 6.45) is 2.27. The lowest BCUT2D eigenvalue weighted by Crippen LogP contribution is -2.11. The van der Waals surface area contributed by atoms with E-state index in [0.717, 1.165) is 26.3 Å². The van der Waals surface area contributed by atoms with Gasteiger partial charge in [-0.3, -0.25) is 4.79 Å². The van der Waals surface area contributed by atoms with E-state index >= 15 is 0 Å². The van der Waals surface area contributed by atoms with Crippen LogP contribution in [-0.4, -0.2) is 16.5 Å². The monoisotopic (exact) mass is 461 g/mol. The molecule has 0 aliphatic rings. The number of fused-ring (bicyclic) bond motifs is 3. The molecule has 2 aromatic heterocycles. The van der Waals surface area contributed by atoms with E-state index < -0.39 is 0 Å². The van der Waals surface area contributed by atoms with Crippen molar-refractivity contribution in [2.75, 3.05) is 11.9 Å². The standard InChI is InChI=1S/C20H14BrCl2N3O/c21-11-4-5-17-14(10-11)18-13(7-9-25-20(18)27)19(26-17)24-8-6-12-15(22)2-1-3-16(12)23/h1-5,7,9-10H,6,8H2,(H,24,26)(H,25,27). The molecule has 27 heavy (non-hydrogen) atoms. The Labute approximate surface area is 173 Å². The predicted octanol–water partition coefficient (Wildman–Crippen LogP) is 5.80. The summed E-state index contributed by atoms with van der Waals surface area (Å²) in [4.78, 5) is 19.9. The Kier molecular flexibility index (Phi) is 5.08. The van der Waals surface area contributed by atoms with Gasteiger partial charge in [0.2, 0.25) is 0 Å². The molecule has 0 fully saturated rings. The van der Waals surface area contributed by atoms with E-state index in [1.807, 2.05) is 42.5 Å². The van der Waals surface area contributed by atoms with Crippen LogP contribution in [0, 0.1) is 0 Å². The molecular weight excluding hydrogens is 449 g/mol. The van der Waals surface area contributed by atoms with Crippen molar-refractivity contribution in [1.29, 1.82) is 0 Å². The number of nitrogens with one attached hydrogen (secondary N) is 2. The van der Waals surface area contributed by atoms with E-state index in [1.54, 1.807) is 6.20 Å². The van der Waals surface area contributed by atoms with Gasteiger partial charge in [0.1, 0.15) is 5.82 Å². The van der Waals surface area contributed by atoms with E-state index in [0.29, 0.717) is 34.2 Å². The molecule has 0 aliphatic carbocycles. The van der Waals surface area contributed by atoms with Gasteiger partial charge in [0.15, 0.2) is 0 Å². The highest BCUT2D eigenvalue weighted by atomic mass is 79.9. The van der Waals surface area contributed by atoms with Gasteiger partial charge in [-0.25, -0.2) is 4.98 Å². The van der Waals surface area contributed by atoms with Gasteiger partial charge >= 0.3 is 0 Å². The van der Waals surface area contributed by atoms with Gasteiger partial charge in [0.25, 0.3) is 5.56 Å². The molecule has 136 valence electrons. The summed E-state index contributed by atoms with van der Waals surface area (Å²) in [6, 6.07) is 13.0. The molecule has 2 heterocycles. The molecule has 0 aliphatic heterocycles. The van der Waals surface area contributed by atoms with Gasteiger partial charge in [0, 0.05) is 38.0 Å². The first kappa shape index (κ1) is 18.3. The first-order chi connectivity index (χ1) is 13.0. The van der Waals surface area contributed by atoms with Crippen molar-refractivity contribution in [2.45, 2.75) is 6.42 Å². The van der Waals surface area contributed by atoms with Crippen molar-refractivity contribution in [3.05, 3.63) is 79.1 Å². The summed E-state index contributed by atoms with van der Waals surface area (Å²) in [5, 5.41) is 6.81. The Bertz CT molecular complexity index is 1200. The molecule has 0 bridgehead atoms. The second-order valence-electron chi connectivity index (χ2n) is 6.09. The van der Waals surface area contributed by atoms with Crippen LogP contribution < -0.4 is 10.9 Å². The number of hydrogen-bond acceptors (Lipinski definition) is 3. The van der Waals surface area contributed by atoms with Gasteiger partial charge in [-0.2, -0.15) is 0 Å². The fourth-order valence-electron chi connectivity index (χ4n) is 3.14. The van der Waals surface area contributed by atoms with Crippen LogP contribution in [0.5, 0.6) is 0 Å². The highest BCUT2D eigenvalue weighted by Crippen LogP contribution is 2.29. The lowest BCUT2D eigenvalue weighted by Gasteiger charge is -2.12. The number of pyridine rings is 2. The van der Waals surface area contributed by atoms with Crippen LogP contribution in [0.2, 0.25) is 10.0 Å². The third kappa shape index (κ3) is 3.55. The minimum Gasteiger partial charge on any atom is -0.369 e. The Morgan fingerprint density at radius 1 is 1.07 bits per heavy atom. The third-order valence-corrected chi connectivity index (χ3v) is 5.61. The van der Waals surface area contributed by atoms with Crippen LogP contribution in [0.3, 0.4) is 0 Å². The maximum absolute atomic E-state index is 12.5. The quantitative estimate of drug-likeness (QED) is 0.377. The minimum absolute atomic E-state index is 0.143. The maximum atomic E-state index is 12.5. The molecule has 0 saturated carbocycles. The summed E-state index contributed by atoms with van der Waals surface area (Å²) in [7, 11) is 0. The molecule has 0 atom stereocenters. The molecule has 4 aromatic rings. The van der Waals surface area contributed by atoms with Crippen molar-refractivity contribution in [3.8, 4) is 0 Å². The third-order valence-electron chi connectivity index (χ3n) is 4.41.